The highest BCUT2D eigenvalue weighted by Gasteiger charge is 2.71. The van der Waals surface area contributed by atoms with E-state index in [9.17, 15) is 9.59 Å². The van der Waals surface area contributed by atoms with Crippen molar-refractivity contribution in [3.8, 4) is 0 Å². The molecule has 22 heavy (non-hydrogen) atoms. The van der Waals surface area contributed by atoms with Crippen LogP contribution in [0.15, 0.2) is 4.99 Å². The van der Waals surface area contributed by atoms with Crippen LogP contribution in [0.25, 0.3) is 0 Å². The monoisotopic (exact) mass is 488 g/mol. The Balaban J connectivity index is 1.81. The number of hydrogen-bond acceptors (Lipinski definition) is 7. The third-order valence-corrected chi connectivity index (χ3v) is 10.4. The molecule has 5 nitrogen and oxygen atoms in total. The molecule has 0 N–H and O–H groups in total. The van der Waals surface area contributed by atoms with Crippen LogP contribution in [0.4, 0.5) is 0 Å². The van der Waals surface area contributed by atoms with Gasteiger partial charge in [0.25, 0.3) is 5.91 Å². The number of halogens is 2. The number of rotatable bonds is 3. The Labute approximate surface area is 158 Å². The minimum Gasteiger partial charge on any atom is -0.467 e. The van der Waals surface area contributed by atoms with Gasteiger partial charge >= 0.3 is 5.97 Å². The predicted molar refractivity (Wildman–Crippen MR) is 100 cm³/mol. The normalized spacial score (nSPS) is 35.9. The van der Waals surface area contributed by atoms with Gasteiger partial charge in [-0.15, -0.1) is 11.8 Å². The van der Waals surface area contributed by atoms with Gasteiger partial charge in [-0.25, -0.2) is 4.79 Å². The number of esters is 1. The summed E-state index contributed by atoms with van der Waals surface area (Å²) in [6.07, 6.45) is 0. The maximum atomic E-state index is 12.3. The number of hydrogen-bond donors (Lipinski definition) is 0. The first-order chi connectivity index (χ1) is 10.3. The van der Waals surface area contributed by atoms with Crippen LogP contribution in [0.2, 0.25) is 0 Å². The van der Waals surface area contributed by atoms with Gasteiger partial charge in [-0.2, -0.15) is 0 Å². The molecule has 0 aromatic heterocycles. The van der Waals surface area contributed by atoms with Crippen molar-refractivity contribution in [2.45, 2.75) is 26.3 Å². The summed E-state index contributed by atoms with van der Waals surface area (Å²) in [6.45, 7) is 2.88. The van der Waals surface area contributed by atoms with Gasteiger partial charge < -0.3 is 9.64 Å². The van der Waals surface area contributed by atoms with Crippen molar-refractivity contribution >= 4 is 83.4 Å². The fourth-order valence-corrected chi connectivity index (χ4v) is 8.02. The summed E-state index contributed by atoms with van der Waals surface area (Å²) in [5, 5.41) is -0.118. The fourth-order valence-electron chi connectivity index (χ4n) is 2.69. The van der Waals surface area contributed by atoms with E-state index in [1.165, 1.54) is 7.11 Å². The maximum Gasteiger partial charge on any atom is 0.330 e. The molecule has 0 aliphatic carbocycles. The molecule has 3 aliphatic heterocycles. The first kappa shape index (κ1) is 17.4. The van der Waals surface area contributed by atoms with Crippen LogP contribution < -0.4 is 0 Å². The zero-order valence-electron chi connectivity index (χ0n) is 11.9. The van der Waals surface area contributed by atoms with Gasteiger partial charge in [0, 0.05) is 11.5 Å². The molecule has 0 aromatic rings. The van der Waals surface area contributed by atoms with Crippen molar-refractivity contribution < 1.29 is 14.3 Å². The molecule has 3 heterocycles. The van der Waals surface area contributed by atoms with E-state index in [4.69, 9.17) is 4.74 Å². The molecule has 1 amide bonds. The van der Waals surface area contributed by atoms with E-state index >= 15 is 0 Å². The zero-order chi connectivity index (χ0) is 16.1. The van der Waals surface area contributed by atoms with Crippen LogP contribution in [0.1, 0.15) is 6.92 Å². The number of β-lactam (4-membered cyclic amide) rings is 1. The topological polar surface area (TPSA) is 59.0 Å². The number of nitrogens with zero attached hydrogens (tertiary/aromatic N) is 2. The van der Waals surface area contributed by atoms with Gasteiger partial charge in [-0.1, -0.05) is 55.4 Å². The predicted octanol–water partition coefficient (Wildman–Crippen LogP) is 2.52. The molecule has 0 radical (unpaired) electrons. The first-order valence-electron chi connectivity index (χ1n) is 6.57. The molecule has 0 unspecified atom stereocenters. The molecule has 3 atom stereocenters. The van der Waals surface area contributed by atoms with Crippen LogP contribution in [0.3, 0.4) is 0 Å². The lowest BCUT2D eigenvalue weighted by atomic mass is 9.98. The summed E-state index contributed by atoms with van der Waals surface area (Å²) in [7, 11) is 1.37. The Morgan fingerprint density at radius 3 is 2.91 bits per heavy atom. The largest absolute Gasteiger partial charge is 0.467 e. The van der Waals surface area contributed by atoms with E-state index in [1.54, 1.807) is 40.2 Å². The number of carbonyl (C=O) groups excluding carboxylic acids is 2. The van der Waals surface area contributed by atoms with Crippen molar-refractivity contribution in [3.05, 3.63) is 0 Å². The van der Waals surface area contributed by atoms with E-state index in [1.807, 2.05) is 6.92 Å². The van der Waals surface area contributed by atoms with Crippen LogP contribution in [0.5, 0.6) is 0 Å². The van der Waals surface area contributed by atoms with Crippen molar-refractivity contribution in [2.75, 3.05) is 25.2 Å². The molecule has 2 saturated heterocycles. The fraction of sp³-hybridized carbons (Fsp3) is 0.750. The van der Waals surface area contributed by atoms with Crippen molar-refractivity contribution in [1.82, 2.24) is 4.90 Å². The number of thioether (sulfide) groups is 3. The van der Waals surface area contributed by atoms with Gasteiger partial charge in [-0.3, -0.25) is 9.79 Å². The molecule has 10 heteroatoms. The number of amides is 1. The molecular weight excluding hydrogens is 476 g/mol. The average Bonchev–Trinajstić information content (AvgIpc) is 3.09. The molecule has 122 valence electrons. The molecule has 2 fully saturated rings. The highest BCUT2D eigenvalue weighted by Crippen LogP contribution is 2.61. The number of fused-ring (bicyclic) bond motifs is 1. The Morgan fingerprint density at radius 1 is 1.59 bits per heavy atom. The lowest BCUT2D eigenvalue weighted by Gasteiger charge is -2.46. The van der Waals surface area contributed by atoms with Gasteiger partial charge in [0.1, 0.15) is 15.8 Å². The number of ether oxygens (including phenoxy) is 1. The summed E-state index contributed by atoms with van der Waals surface area (Å²) in [5.41, 5.74) is 0. The SMILES string of the molecule is COC(=O)[C@@H]1N2C(=O)C(Br)(Br)[C@H]2S[C@@]1(C)CSC1=NCCS1. The second kappa shape index (κ2) is 6.16. The minimum absolute atomic E-state index is 0.118. The molecule has 0 bridgehead atoms. The van der Waals surface area contributed by atoms with Gasteiger partial charge in [-0.05, 0) is 6.92 Å². The smallest absolute Gasteiger partial charge is 0.330 e. The molecule has 0 aromatic carbocycles. The van der Waals surface area contributed by atoms with Crippen LogP contribution >= 0.6 is 67.1 Å². The zero-order valence-corrected chi connectivity index (χ0v) is 17.5. The second-order valence-electron chi connectivity index (χ2n) is 5.33. The third kappa shape index (κ3) is 2.66. The highest BCUT2D eigenvalue weighted by atomic mass is 79.9. The average molecular weight is 490 g/mol. The Morgan fingerprint density at radius 2 is 2.32 bits per heavy atom. The maximum absolute atomic E-state index is 12.3. The van der Waals surface area contributed by atoms with Gasteiger partial charge in [0.2, 0.25) is 0 Å². The first-order valence-corrected chi connectivity index (χ1v) is 11.0. The quantitative estimate of drug-likeness (QED) is 0.345. The Kier molecular flexibility index (Phi) is 4.89. The number of methoxy groups -OCH3 is 1. The lowest BCUT2D eigenvalue weighted by Crippen LogP contribution is -2.68. The summed E-state index contributed by atoms with van der Waals surface area (Å²) in [6, 6.07) is -0.567. The highest BCUT2D eigenvalue weighted by molar-refractivity contribution is 9.26. The summed E-state index contributed by atoms with van der Waals surface area (Å²) in [4.78, 5) is 30.6. The van der Waals surface area contributed by atoms with E-state index in [0.29, 0.717) is 5.75 Å². The molecule has 3 aliphatic rings. The van der Waals surface area contributed by atoms with Gasteiger partial charge in [0.15, 0.2) is 3.23 Å². The van der Waals surface area contributed by atoms with Crippen molar-refractivity contribution in [2.24, 2.45) is 4.99 Å². The summed E-state index contributed by atoms with van der Waals surface area (Å²) < 4.78 is 4.83. The van der Waals surface area contributed by atoms with Crippen molar-refractivity contribution in [3.63, 3.8) is 0 Å². The van der Waals surface area contributed by atoms with Crippen LogP contribution in [0, 0.1) is 0 Å². The van der Waals surface area contributed by atoms with Crippen molar-refractivity contribution in [1.29, 1.82) is 0 Å². The van der Waals surface area contributed by atoms with Crippen LogP contribution in [-0.4, -0.2) is 65.7 Å². The Hall–Kier alpha value is 0.620. The molecule has 0 spiro atoms. The standard InChI is InChI=1S/C12H14Br2N2O3S3/c1-11(5-21-10-15-3-4-20-10)6(7(17)19-2)16-8(18)12(13,14)9(16)22-11/h6,9H,3-5H2,1-2H3/t6-,9+,11-/m0/s1. The lowest BCUT2D eigenvalue weighted by molar-refractivity contribution is -0.159. The molecule has 3 rings (SSSR count). The molecular formula is C12H14Br2N2O3S3. The van der Waals surface area contributed by atoms with Gasteiger partial charge in [0.05, 0.1) is 18.4 Å². The van der Waals surface area contributed by atoms with E-state index < -0.39 is 14.0 Å². The van der Waals surface area contributed by atoms with E-state index in [-0.39, 0.29) is 17.3 Å². The van der Waals surface area contributed by atoms with E-state index in [2.05, 4.69) is 36.9 Å². The van der Waals surface area contributed by atoms with E-state index in [0.717, 1.165) is 16.7 Å². The number of carbonyl (C=O) groups is 2. The number of alkyl halides is 2. The van der Waals surface area contributed by atoms with Crippen LogP contribution in [-0.2, 0) is 14.3 Å². The summed E-state index contributed by atoms with van der Waals surface area (Å²) in [5.74, 6) is 1.25. The minimum atomic E-state index is -0.779. The molecule has 0 saturated carbocycles. The number of aliphatic imine (C=N–C) groups is 1. The summed E-state index contributed by atoms with van der Waals surface area (Å²) >= 11 is 11.9. The third-order valence-electron chi connectivity index (χ3n) is 3.78. The second-order valence-corrected chi connectivity index (χ2v) is 12.8. The Bertz CT molecular complexity index is 560.